The summed E-state index contributed by atoms with van der Waals surface area (Å²) in [6.07, 6.45) is 14.2. The van der Waals surface area contributed by atoms with Gasteiger partial charge in [-0.1, -0.05) is 12.1 Å². The highest BCUT2D eigenvalue weighted by molar-refractivity contribution is 7.98. The van der Waals surface area contributed by atoms with Crippen molar-refractivity contribution in [2.75, 3.05) is 24.2 Å². The summed E-state index contributed by atoms with van der Waals surface area (Å²) in [6, 6.07) is 10.7. The van der Waals surface area contributed by atoms with Crippen LogP contribution < -0.4 is 4.90 Å². The lowest BCUT2D eigenvalue weighted by atomic mass is 10.0. The lowest BCUT2D eigenvalue weighted by Gasteiger charge is -2.27. The van der Waals surface area contributed by atoms with Crippen molar-refractivity contribution in [1.29, 1.82) is 0 Å². The molecule has 0 bridgehead atoms. The van der Waals surface area contributed by atoms with Crippen LogP contribution in [-0.4, -0.2) is 29.3 Å². The smallest absolute Gasteiger partial charge is 0.226 e. The van der Waals surface area contributed by atoms with Crippen LogP contribution in [0.15, 0.2) is 35.2 Å². The molecule has 2 aliphatic rings. The summed E-state index contributed by atoms with van der Waals surface area (Å²) in [4.78, 5) is 13.4. The predicted octanol–water partition coefficient (Wildman–Crippen LogP) is 4.61. The Kier molecular flexibility index (Phi) is 5.25. The molecule has 1 aromatic carbocycles. The molecule has 0 amide bonds. The van der Waals surface area contributed by atoms with Crippen LogP contribution >= 0.6 is 11.8 Å². The third-order valence-corrected chi connectivity index (χ3v) is 5.44. The minimum Gasteiger partial charge on any atom is -0.341 e. The number of rotatable bonds is 4. The van der Waals surface area contributed by atoms with Crippen molar-refractivity contribution in [3.8, 4) is 11.3 Å². The van der Waals surface area contributed by atoms with Crippen molar-refractivity contribution < 1.29 is 0 Å². The Balaban J connectivity index is 1.71. The van der Waals surface area contributed by atoms with E-state index in [1.165, 1.54) is 24.2 Å². The number of nitrogens with zero attached hydrogens (tertiary/aromatic N) is 3. The predicted molar refractivity (Wildman–Crippen MR) is 105 cm³/mol. The summed E-state index contributed by atoms with van der Waals surface area (Å²) >= 11 is 1.76. The molecule has 2 heterocycles. The van der Waals surface area contributed by atoms with E-state index in [1.807, 2.05) is 0 Å². The van der Waals surface area contributed by atoms with Crippen molar-refractivity contribution in [3.63, 3.8) is 0 Å². The van der Waals surface area contributed by atoms with Gasteiger partial charge in [0.1, 0.15) is 0 Å². The van der Waals surface area contributed by atoms with E-state index in [4.69, 9.17) is 9.97 Å². The molecule has 2 aromatic rings. The Labute approximate surface area is 155 Å². The Morgan fingerprint density at radius 1 is 0.880 bits per heavy atom. The summed E-state index contributed by atoms with van der Waals surface area (Å²) in [5.41, 5.74) is 3.15. The molecule has 1 aliphatic carbocycles. The van der Waals surface area contributed by atoms with Crippen LogP contribution in [0.25, 0.3) is 11.3 Å². The number of benzene rings is 1. The molecule has 127 valence electrons. The number of aromatic nitrogens is 2. The fourth-order valence-corrected chi connectivity index (χ4v) is 3.68. The summed E-state index contributed by atoms with van der Waals surface area (Å²) in [5.74, 6) is 2.02. The Morgan fingerprint density at radius 2 is 1.56 bits per heavy atom. The minimum atomic E-state index is 0.863. The van der Waals surface area contributed by atoms with E-state index in [1.54, 1.807) is 11.8 Å². The van der Waals surface area contributed by atoms with Crippen LogP contribution in [0.4, 0.5) is 5.95 Å². The lowest BCUT2D eigenvalue weighted by Crippen LogP contribution is -2.31. The number of thioether (sulfide) groups is 1. The molecule has 1 saturated carbocycles. The van der Waals surface area contributed by atoms with Gasteiger partial charge in [-0.25, -0.2) is 9.97 Å². The Hall–Kier alpha value is -1.55. The van der Waals surface area contributed by atoms with Crippen molar-refractivity contribution in [2.45, 2.75) is 24.2 Å². The molecule has 0 atom stereocenters. The molecular weight excluding hydrogens is 326 g/mol. The molecule has 2 fully saturated rings. The first-order valence-corrected chi connectivity index (χ1v) is 10.1. The second-order valence-electron chi connectivity index (χ2n) is 6.39. The van der Waals surface area contributed by atoms with Gasteiger partial charge in [0.2, 0.25) is 5.95 Å². The van der Waals surface area contributed by atoms with Crippen molar-refractivity contribution in [3.05, 3.63) is 67.6 Å². The molecular formula is C21H22N3S. The van der Waals surface area contributed by atoms with Gasteiger partial charge in [0.25, 0.3) is 0 Å². The maximum Gasteiger partial charge on any atom is 0.226 e. The molecule has 0 unspecified atom stereocenters. The van der Waals surface area contributed by atoms with Crippen LogP contribution in [0, 0.1) is 31.6 Å². The summed E-state index contributed by atoms with van der Waals surface area (Å²) < 4.78 is 0. The number of hydrogen-bond acceptors (Lipinski definition) is 4. The third kappa shape index (κ3) is 3.84. The molecule has 4 heteroatoms. The second kappa shape index (κ2) is 7.77. The van der Waals surface area contributed by atoms with Crippen LogP contribution in [0.2, 0.25) is 0 Å². The molecule has 5 radical (unpaired) electrons. The fraction of sp³-hybridized carbons (Fsp3) is 0.286. The first-order valence-electron chi connectivity index (χ1n) is 8.84. The average molecular weight is 348 g/mol. The quantitative estimate of drug-likeness (QED) is 0.755. The van der Waals surface area contributed by atoms with E-state index in [0.29, 0.717) is 0 Å². The maximum absolute atomic E-state index is 4.90. The minimum absolute atomic E-state index is 0.863. The zero-order chi connectivity index (χ0) is 17.1. The average Bonchev–Trinajstić information content (AvgIpc) is 3.23. The molecule has 0 spiro atoms. The van der Waals surface area contributed by atoms with Gasteiger partial charge in [-0.15, -0.1) is 11.8 Å². The van der Waals surface area contributed by atoms with Gasteiger partial charge < -0.3 is 4.90 Å². The first-order chi connectivity index (χ1) is 12.3. The standard InChI is InChI=1S/C21H22N3S/c1-25-18-11-9-17(10-12-18)20-15-19(16-7-3-4-8-16)22-21(23-20)24-13-5-2-6-14-24/h3-4,7-12,15H,2,5-6,13-14H2,1H3. The van der Waals surface area contributed by atoms with Crippen LogP contribution in [0.5, 0.6) is 0 Å². The van der Waals surface area contributed by atoms with Gasteiger partial charge in [0.15, 0.2) is 0 Å². The second-order valence-corrected chi connectivity index (χ2v) is 7.27. The lowest BCUT2D eigenvalue weighted by molar-refractivity contribution is 0.568. The first kappa shape index (κ1) is 16.9. The van der Waals surface area contributed by atoms with Gasteiger partial charge in [0, 0.05) is 29.5 Å². The zero-order valence-electron chi connectivity index (χ0n) is 14.5. The number of hydrogen-bond donors (Lipinski definition) is 0. The molecule has 1 aliphatic heterocycles. The summed E-state index contributed by atoms with van der Waals surface area (Å²) in [6.45, 7) is 2.10. The third-order valence-electron chi connectivity index (χ3n) is 4.70. The van der Waals surface area contributed by atoms with E-state index in [-0.39, 0.29) is 0 Å². The van der Waals surface area contributed by atoms with E-state index < -0.39 is 0 Å². The van der Waals surface area contributed by atoms with E-state index >= 15 is 0 Å². The van der Waals surface area contributed by atoms with Crippen molar-refractivity contribution in [2.24, 2.45) is 0 Å². The topological polar surface area (TPSA) is 29.0 Å². The normalized spacial score (nSPS) is 18.7. The highest BCUT2D eigenvalue weighted by Gasteiger charge is 2.23. The SMILES string of the molecule is CSc1ccc(-c2cc([C]3[CH][CH][CH][CH]3)nc(N3CCCCC3)n2)cc1. The van der Waals surface area contributed by atoms with Gasteiger partial charge >= 0.3 is 0 Å². The van der Waals surface area contributed by atoms with E-state index in [9.17, 15) is 0 Å². The highest BCUT2D eigenvalue weighted by Crippen LogP contribution is 2.33. The van der Waals surface area contributed by atoms with Gasteiger partial charge in [-0.05, 0) is 69.4 Å². The van der Waals surface area contributed by atoms with Gasteiger partial charge in [-0.3, -0.25) is 0 Å². The molecule has 0 N–H and O–H groups in total. The molecule has 4 rings (SSSR count). The zero-order valence-corrected chi connectivity index (χ0v) is 15.3. The summed E-state index contributed by atoms with van der Waals surface area (Å²) in [5, 5.41) is 0. The monoisotopic (exact) mass is 348 g/mol. The molecule has 25 heavy (non-hydrogen) atoms. The van der Waals surface area contributed by atoms with Crippen LogP contribution in [0.1, 0.15) is 25.0 Å². The molecule has 1 saturated heterocycles. The number of piperidine rings is 1. The van der Waals surface area contributed by atoms with Crippen molar-refractivity contribution in [1.82, 2.24) is 9.97 Å². The van der Waals surface area contributed by atoms with Crippen molar-refractivity contribution >= 4 is 17.7 Å². The summed E-state index contributed by atoms with van der Waals surface area (Å²) in [7, 11) is 0. The van der Waals surface area contributed by atoms with Gasteiger partial charge in [0.05, 0.1) is 11.4 Å². The van der Waals surface area contributed by atoms with E-state index in [2.05, 4.69) is 67.2 Å². The van der Waals surface area contributed by atoms with Crippen LogP contribution in [-0.2, 0) is 0 Å². The largest absolute Gasteiger partial charge is 0.341 e. The maximum atomic E-state index is 4.90. The van der Waals surface area contributed by atoms with E-state index in [0.717, 1.165) is 41.9 Å². The number of anilines is 1. The Morgan fingerprint density at radius 3 is 2.24 bits per heavy atom. The molecule has 1 aromatic heterocycles. The van der Waals surface area contributed by atoms with Gasteiger partial charge in [-0.2, -0.15) is 0 Å². The Bertz CT molecular complexity index is 702. The molecule has 3 nitrogen and oxygen atoms in total. The highest BCUT2D eigenvalue weighted by atomic mass is 32.2. The fourth-order valence-electron chi connectivity index (χ4n) is 3.27. The van der Waals surface area contributed by atoms with Crippen LogP contribution in [0.3, 0.4) is 0 Å².